The Bertz CT molecular complexity index is 286. The molecule has 0 aliphatic heterocycles. The van der Waals surface area contributed by atoms with Gasteiger partial charge in [0.05, 0.1) is 12.1 Å². The molecule has 1 aromatic rings. The van der Waals surface area contributed by atoms with Crippen molar-refractivity contribution in [1.29, 1.82) is 0 Å². The summed E-state index contributed by atoms with van der Waals surface area (Å²) in [6, 6.07) is 6.04. The van der Waals surface area contributed by atoms with Crippen LogP contribution in [0, 0.1) is 0 Å². The zero-order valence-electron chi connectivity index (χ0n) is 10.7. The number of aromatic nitrogens is 1. The van der Waals surface area contributed by atoms with Crippen molar-refractivity contribution in [3.05, 3.63) is 30.1 Å². The van der Waals surface area contributed by atoms with Crippen molar-refractivity contribution in [3.8, 4) is 0 Å². The SMILES string of the molecule is CCCC(OCC)C(Cc1ccccn1)NN. The fraction of sp³-hybridized carbons (Fsp3) is 0.615. The van der Waals surface area contributed by atoms with Crippen molar-refractivity contribution in [2.75, 3.05) is 6.61 Å². The standard InChI is InChI=1S/C13H23N3O/c1-3-7-13(17-4-2)12(16-14)10-11-8-5-6-9-15-11/h5-6,8-9,12-13,16H,3-4,7,10,14H2,1-2H3. The second-order valence-electron chi connectivity index (χ2n) is 4.08. The molecule has 2 unspecified atom stereocenters. The van der Waals surface area contributed by atoms with Gasteiger partial charge in [0.2, 0.25) is 0 Å². The summed E-state index contributed by atoms with van der Waals surface area (Å²) in [5.41, 5.74) is 3.89. The lowest BCUT2D eigenvalue weighted by Gasteiger charge is -2.26. The van der Waals surface area contributed by atoms with Crippen molar-refractivity contribution in [1.82, 2.24) is 10.4 Å². The second kappa shape index (κ2) is 8.17. The summed E-state index contributed by atoms with van der Waals surface area (Å²) in [6.07, 6.45) is 4.85. The third kappa shape index (κ3) is 4.81. The van der Waals surface area contributed by atoms with Crippen LogP contribution in [0.2, 0.25) is 0 Å². The van der Waals surface area contributed by atoms with Crippen molar-refractivity contribution in [2.45, 2.75) is 45.3 Å². The minimum Gasteiger partial charge on any atom is -0.377 e. The van der Waals surface area contributed by atoms with Crippen LogP contribution in [0.15, 0.2) is 24.4 Å². The molecule has 0 fully saturated rings. The maximum absolute atomic E-state index is 5.74. The number of pyridine rings is 1. The third-order valence-electron chi connectivity index (χ3n) is 2.77. The van der Waals surface area contributed by atoms with Crippen molar-refractivity contribution in [2.24, 2.45) is 5.84 Å². The van der Waals surface area contributed by atoms with E-state index in [1.54, 1.807) is 6.20 Å². The van der Waals surface area contributed by atoms with Crippen LogP contribution < -0.4 is 11.3 Å². The molecule has 0 saturated heterocycles. The number of nitrogens with two attached hydrogens (primary N) is 1. The largest absolute Gasteiger partial charge is 0.377 e. The highest BCUT2D eigenvalue weighted by Gasteiger charge is 2.20. The first kappa shape index (κ1) is 14.1. The minimum absolute atomic E-state index is 0.116. The predicted octanol–water partition coefficient (Wildman–Crippen LogP) is 1.66. The highest BCUT2D eigenvalue weighted by Crippen LogP contribution is 2.11. The molecule has 17 heavy (non-hydrogen) atoms. The van der Waals surface area contributed by atoms with E-state index in [9.17, 15) is 0 Å². The van der Waals surface area contributed by atoms with Crippen LogP contribution in [-0.4, -0.2) is 23.7 Å². The summed E-state index contributed by atoms with van der Waals surface area (Å²) < 4.78 is 5.74. The lowest BCUT2D eigenvalue weighted by Crippen LogP contribution is -2.46. The first-order valence-electron chi connectivity index (χ1n) is 6.29. The maximum atomic E-state index is 5.74. The number of nitrogens with one attached hydrogen (secondary N) is 1. The van der Waals surface area contributed by atoms with Crippen molar-refractivity contribution in [3.63, 3.8) is 0 Å². The summed E-state index contributed by atoms with van der Waals surface area (Å²) in [5.74, 6) is 5.62. The molecular weight excluding hydrogens is 214 g/mol. The van der Waals surface area contributed by atoms with E-state index in [1.165, 1.54) is 0 Å². The zero-order valence-corrected chi connectivity index (χ0v) is 10.7. The molecule has 1 rings (SSSR count). The van der Waals surface area contributed by atoms with Gasteiger partial charge in [-0.15, -0.1) is 0 Å². The molecule has 3 N–H and O–H groups in total. The molecule has 0 saturated carbocycles. The molecule has 0 bridgehead atoms. The fourth-order valence-electron chi connectivity index (χ4n) is 1.94. The van der Waals surface area contributed by atoms with Gasteiger partial charge in [-0.05, 0) is 25.5 Å². The lowest BCUT2D eigenvalue weighted by molar-refractivity contribution is 0.0279. The second-order valence-corrected chi connectivity index (χ2v) is 4.08. The molecule has 96 valence electrons. The van der Waals surface area contributed by atoms with Gasteiger partial charge in [-0.1, -0.05) is 19.4 Å². The molecule has 0 aliphatic rings. The Hall–Kier alpha value is -0.970. The first-order valence-corrected chi connectivity index (χ1v) is 6.29. The van der Waals surface area contributed by atoms with E-state index in [1.807, 2.05) is 25.1 Å². The Morgan fingerprint density at radius 3 is 2.76 bits per heavy atom. The van der Waals surface area contributed by atoms with Crippen molar-refractivity contribution >= 4 is 0 Å². The summed E-state index contributed by atoms with van der Waals surface area (Å²) in [4.78, 5) is 4.32. The van der Waals surface area contributed by atoms with Crippen LogP contribution in [0.3, 0.4) is 0 Å². The summed E-state index contributed by atoms with van der Waals surface area (Å²) >= 11 is 0. The topological polar surface area (TPSA) is 60.2 Å². The van der Waals surface area contributed by atoms with Gasteiger partial charge in [-0.3, -0.25) is 16.3 Å². The highest BCUT2D eigenvalue weighted by molar-refractivity contribution is 5.05. The highest BCUT2D eigenvalue weighted by atomic mass is 16.5. The van der Waals surface area contributed by atoms with E-state index in [-0.39, 0.29) is 12.1 Å². The molecule has 0 aliphatic carbocycles. The summed E-state index contributed by atoms with van der Waals surface area (Å²) in [5, 5.41) is 0. The van der Waals surface area contributed by atoms with Gasteiger partial charge in [0.15, 0.2) is 0 Å². The van der Waals surface area contributed by atoms with E-state index in [2.05, 4.69) is 17.3 Å². The number of hydrogen-bond donors (Lipinski definition) is 2. The van der Waals surface area contributed by atoms with Crippen LogP contribution in [0.4, 0.5) is 0 Å². The van der Waals surface area contributed by atoms with Gasteiger partial charge in [-0.2, -0.15) is 0 Å². The molecule has 0 radical (unpaired) electrons. The molecule has 4 heteroatoms. The number of ether oxygens (including phenoxy) is 1. The van der Waals surface area contributed by atoms with Crippen LogP contribution in [-0.2, 0) is 11.2 Å². The normalized spacial score (nSPS) is 14.5. The molecule has 0 amide bonds. The Balaban J connectivity index is 2.61. The van der Waals surface area contributed by atoms with E-state index in [4.69, 9.17) is 10.6 Å². The third-order valence-corrected chi connectivity index (χ3v) is 2.77. The Morgan fingerprint density at radius 1 is 1.41 bits per heavy atom. The van der Waals surface area contributed by atoms with E-state index in [0.717, 1.165) is 25.0 Å². The van der Waals surface area contributed by atoms with E-state index < -0.39 is 0 Å². The predicted molar refractivity (Wildman–Crippen MR) is 69.4 cm³/mol. The number of hydrazine groups is 1. The maximum Gasteiger partial charge on any atom is 0.0745 e. The number of rotatable bonds is 8. The lowest BCUT2D eigenvalue weighted by atomic mass is 10.0. The quantitative estimate of drug-likeness (QED) is 0.533. The molecule has 0 aromatic carbocycles. The molecule has 4 nitrogen and oxygen atoms in total. The molecule has 0 spiro atoms. The Labute approximate surface area is 104 Å². The fourth-order valence-corrected chi connectivity index (χ4v) is 1.94. The monoisotopic (exact) mass is 237 g/mol. The molecule has 1 heterocycles. The smallest absolute Gasteiger partial charge is 0.0745 e. The van der Waals surface area contributed by atoms with E-state index >= 15 is 0 Å². The molecular formula is C13H23N3O. The zero-order chi connectivity index (χ0) is 12.5. The first-order chi connectivity index (χ1) is 8.31. The number of nitrogens with zero attached hydrogens (tertiary/aromatic N) is 1. The Kier molecular flexibility index (Phi) is 6.77. The molecule has 2 atom stereocenters. The van der Waals surface area contributed by atoms with Crippen LogP contribution >= 0.6 is 0 Å². The van der Waals surface area contributed by atoms with Gasteiger partial charge < -0.3 is 4.74 Å². The van der Waals surface area contributed by atoms with Gasteiger partial charge in [0, 0.05) is 24.9 Å². The van der Waals surface area contributed by atoms with Gasteiger partial charge in [-0.25, -0.2) is 0 Å². The van der Waals surface area contributed by atoms with Crippen molar-refractivity contribution < 1.29 is 4.74 Å². The van der Waals surface area contributed by atoms with Crippen LogP contribution in [0.25, 0.3) is 0 Å². The molecule has 1 aromatic heterocycles. The van der Waals surface area contributed by atoms with Crippen LogP contribution in [0.1, 0.15) is 32.4 Å². The summed E-state index contributed by atoms with van der Waals surface area (Å²) in [6.45, 7) is 4.88. The van der Waals surface area contributed by atoms with Gasteiger partial charge in [0.25, 0.3) is 0 Å². The minimum atomic E-state index is 0.116. The van der Waals surface area contributed by atoms with Gasteiger partial charge in [0.1, 0.15) is 0 Å². The van der Waals surface area contributed by atoms with Crippen LogP contribution in [0.5, 0.6) is 0 Å². The average Bonchev–Trinajstić information content (AvgIpc) is 2.37. The summed E-state index contributed by atoms with van der Waals surface area (Å²) in [7, 11) is 0. The number of hydrogen-bond acceptors (Lipinski definition) is 4. The van der Waals surface area contributed by atoms with Gasteiger partial charge >= 0.3 is 0 Å². The Morgan fingerprint density at radius 2 is 2.24 bits per heavy atom. The van der Waals surface area contributed by atoms with E-state index in [0.29, 0.717) is 6.61 Å². The average molecular weight is 237 g/mol.